The first-order valence-electron chi connectivity index (χ1n) is 12.1. The summed E-state index contributed by atoms with van der Waals surface area (Å²) in [6, 6.07) is 17.0. The van der Waals surface area contributed by atoms with Crippen LogP contribution in [0.5, 0.6) is 5.75 Å². The van der Waals surface area contributed by atoms with Crippen molar-refractivity contribution in [1.29, 1.82) is 5.26 Å². The first kappa shape index (κ1) is 24.1. The lowest BCUT2D eigenvalue weighted by molar-refractivity contribution is 0.0240. The molecule has 2 aromatic heterocycles. The van der Waals surface area contributed by atoms with Gasteiger partial charge in [-0.15, -0.1) is 0 Å². The molecule has 0 radical (unpaired) electrons. The largest absolute Gasteiger partial charge is 0.508 e. The molecule has 0 aliphatic carbocycles. The van der Waals surface area contributed by atoms with E-state index in [2.05, 4.69) is 26.2 Å². The topological polar surface area (TPSA) is 118 Å². The van der Waals surface area contributed by atoms with Crippen molar-refractivity contribution in [1.82, 2.24) is 20.1 Å². The van der Waals surface area contributed by atoms with Gasteiger partial charge in [0.1, 0.15) is 17.4 Å². The van der Waals surface area contributed by atoms with Gasteiger partial charge in [0, 0.05) is 48.4 Å². The zero-order valence-corrected chi connectivity index (χ0v) is 21.0. The number of piperazine rings is 1. The van der Waals surface area contributed by atoms with E-state index in [9.17, 15) is 15.2 Å². The molecule has 1 fully saturated rings. The zero-order chi connectivity index (χ0) is 26.2. The minimum Gasteiger partial charge on any atom is -0.508 e. The normalized spacial score (nSPS) is 14.0. The van der Waals surface area contributed by atoms with E-state index in [-0.39, 0.29) is 11.8 Å². The molecule has 1 aliphatic heterocycles. The van der Waals surface area contributed by atoms with Gasteiger partial charge in [-0.05, 0) is 62.7 Å². The summed E-state index contributed by atoms with van der Waals surface area (Å²) >= 11 is 0. The van der Waals surface area contributed by atoms with Crippen LogP contribution >= 0.6 is 0 Å². The van der Waals surface area contributed by atoms with Gasteiger partial charge in [-0.2, -0.15) is 10.4 Å². The second kappa shape index (κ2) is 9.47. The summed E-state index contributed by atoms with van der Waals surface area (Å²) in [7, 11) is 0. The maximum absolute atomic E-state index is 12.4. The average molecular weight is 497 g/mol. The van der Waals surface area contributed by atoms with Gasteiger partial charge < -0.3 is 19.6 Å². The number of amides is 1. The molecular weight excluding hydrogens is 468 g/mol. The second-order valence-electron chi connectivity index (χ2n) is 10.0. The Morgan fingerprint density at radius 3 is 2.30 bits per heavy atom. The van der Waals surface area contributed by atoms with Crippen molar-refractivity contribution >= 4 is 22.8 Å². The molecule has 9 nitrogen and oxygen atoms in total. The lowest BCUT2D eigenvalue weighted by Crippen LogP contribution is -2.50. The summed E-state index contributed by atoms with van der Waals surface area (Å²) < 4.78 is 5.50. The fraction of sp³-hybridized carbons (Fsp3) is 0.286. The number of nitrogens with one attached hydrogen (secondary N) is 1. The summed E-state index contributed by atoms with van der Waals surface area (Å²) in [4.78, 5) is 21.0. The Morgan fingerprint density at radius 2 is 1.68 bits per heavy atom. The van der Waals surface area contributed by atoms with E-state index in [0.29, 0.717) is 43.1 Å². The minimum absolute atomic E-state index is 0.146. The fourth-order valence-corrected chi connectivity index (χ4v) is 4.52. The molecule has 2 aromatic carbocycles. The number of rotatable bonds is 3. The highest BCUT2D eigenvalue weighted by molar-refractivity contribution is 5.99. The highest BCUT2D eigenvalue weighted by Gasteiger charge is 2.26. The highest BCUT2D eigenvalue weighted by Crippen LogP contribution is 2.37. The molecule has 0 atom stereocenters. The third kappa shape index (κ3) is 4.91. The number of hydrogen-bond acceptors (Lipinski definition) is 7. The number of benzene rings is 2. The van der Waals surface area contributed by atoms with Gasteiger partial charge in [0.2, 0.25) is 0 Å². The number of H-pyrrole nitrogens is 1. The number of aromatic amines is 1. The summed E-state index contributed by atoms with van der Waals surface area (Å²) in [5.74, 6) is 0.146. The van der Waals surface area contributed by atoms with Crippen LogP contribution in [0.15, 0.2) is 54.7 Å². The number of ether oxygens (including phenoxy) is 1. The Bertz CT molecular complexity index is 1470. The van der Waals surface area contributed by atoms with Crippen molar-refractivity contribution in [3.8, 4) is 34.2 Å². The maximum Gasteiger partial charge on any atom is 0.410 e. The van der Waals surface area contributed by atoms with E-state index in [0.717, 1.165) is 27.8 Å². The first-order chi connectivity index (χ1) is 17.7. The van der Waals surface area contributed by atoms with Crippen LogP contribution in [0.3, 0.4) is 0 Å². The Morgan fingerprint density at radius 1 is 1.03 bits per heavy atom. The summed E-state index contributed by atoms with van der Waals surface area (Å²) in [6.07, 6.45) is 1.40. The van der Waals surface area contributed by atoms with Crippen LogP contribution in [0.2, 0.25) is 0 Å². The molecule has 5 rings (SSSR count). The van der Waals surface area contributed by atoms with Crippen LogP contribution in [-0.2, 0) is 4.74 Å². The third-order valence-electron chi connectivity index (χ3n) is 6.30. The molecule has 3 heterocycles. The summed E-state index contributed by atoms with van der Waals surface area (Å²) in [5, 5.41) is 27.7. The number of nitrogens with zero attached hydrogens (tertiary/aromatic N) is 5. The number of fused-ring (bicyclic) bond motifs is 1. The zero-order valence-electron chi connectivity index (χ0n) is 21.0. The number of anilines is 1. The molecule has 1 aliphatic rings. The minimum atomic E-state index is -0.512. The second-order valence-corrected chi connectivity index (χ2v) is 10.0. The van der Waals surface area contributed by atoms with E-state index in [1.807, 2.05) is 45.0 Å². The molecule has 0 spiro atoms. The molecule has 1 saturated heterocycles. The number of phenolic OH excluding ortho intramolecular Hbond substituents is 1. The predicted molar refractivity (Wildman–Crippen MR) is 141 cm³/mol. The standard InChI is InChI=1S/C28H28N6O3/c1-28(2,3)37-27(36)34-14-12-33(13-15-34)20-8-4-18(5-9-20)24-22(16-29)25(19-6-10-21(35)11-7-19)31-26-23(24)17-30-32-26/h4-11,17,35H,12-15H2,1-3H3,(H,30,31,32). The molecule has 9 heteroatoms. The first-order valence-corrected chi connectivity index (χ1v) is 12.1. The summed E-state index contributed by atoms with van der Waals surface area (Å²) in [5.41, 5.74) is 4.44. The Kier molecular flexibility index (Phi) is 6.17. The number of hydrogen-bond donors (Lipinski definition) is 2. The van der Waals surface area contributed by atoms with Crippen molar-refractivity contribution in [3.05, 3.63) is 60.3 Å². The molecule has 4 aromatic rings. The lowest BCUT2D eigenvalue weighted by atomic mass is 9.94. The molecule has 0 unspecified atom stereocenters. The van der Waals surface area contributed by atoms with Gasteiger partial charge in [-0.3, -0.25) is 5.10 Å². The third-order valence-corrected chi connectivity index (χ3v) is 6.30. The van der Waals surface area contributed by atoms with Gasteiger partial charge in [0.15, 0.2) is 5.65 Å². The van der Waals surface area contributed by atoms with E-state index in [4.69, 9.17) is 4.74 Å². The Hall–Kier alpha value is -4.58. The summed E-state index contributed by atoms with van der Waals surface area (Å²) in [6.45, 7) is 8.19. The smallest absolute Gasteiger partial charge is 0.410 e. The number of carbonyl (C=O) groups is 1. The number of aromatic nitrogens is 3. The molecule has 37 heavy (non-hydrogen) atoms. The number of carbonyl (C=O) groups excluding carboxylic acids is 1. The Balaban J connectivity index is 1.42. The predicted octanol–water partition coefficient (Wildman–Crippen LogP) is 4.93. The van der Waals surface area contributed by atoms with Crippen LogP contribution in [-0.4, -0.2) is 63.1 Å². The van der Waals surface area contributed by atoms with Gasteiger partial charge >= 0.3 is 6.09 Å². The van der Waals surface area contributed by atoms with E-state index < -0.39 is 5.60 Å². The molecule has 0 saturated carbocycles. The van der Waals surface area contributed by atoms with Crippen LogP contribution in [0.25, 0.3) is 33.4 Å². The van der Waals surface area contributed by atoms with Gasteiger partial charge in [0.05, 0.1) is 17.5 Å². The average Bonchev–Trinajstić information content (AvgIpc) is 3.36. The van der Waals surface area contributed by atoms with Crippen LogP contribution in [0.4, 0.5) is 10.5 Å². The van der Waals surface area contributed by atoms with Crippen molar-refractivity contribution in [2.75, 3.05) is 31.1 Å². The van der Waals surface area contributed by atoms with Crippen LogP contribution in [0.1, 0.15) is 26.3 Å². The monoisotopic (exact) mass is 496 g/mol. The highest BCUT2D eigenvalue weighted by atomic mass is 16.6. The van der Waals surface area contributed by atoms with Gasteiger partial charge in [-0.25, -0.2) is 9.78 Å². The maximum atomic E-state index is 12.4. The lowest BCUT2D eigenvalue weighted by Gasteiger charge is -2.36. The van der Waals surface area contributed by atoms with Crippen LogP contribution < -0.4 is 4.90 Å². The van der Waals surface area contributed by atoms with E-state index in [1.165, 1.54) is 0 Å². The SMILES string of the molecule is CC(C)(C)OC(=O)N1CCN(c2ccc(-c3c(C#N)c(-c4ccc(O)cc4)nc4[nH]ncc34)cc2)CC1. The van der Waals surface area contributed by atoms with Gasteiger partial charge in [0.25, 0.3) is 0 Å². The molecular formula is C28H28N6O3. The van der Waals surface area contributed by atoms with Crippen molar-refractivity contribution in [3.63, 3.8) is 0 Å². The van der Waals surface area contributed by atoms with E-state index >= 15 is 0 Å². The number of aromatic hydroxyl groups is 1. The number of nitriles is 1. The van der Waals surface area contributed by atoms with Crippen molar-refractivity contribution < 1.29 is 14.6 Å². The molecule has 1 amide bonds. The van der Waals surface area contributed by atoms with Crippen molar-refractivity contribution in [2.24, 2.45) is 0 Å². The molecule has 188 valence electrons. The van der Waals surface area contributed by atoms with Gasteiger partial charge in [-0.1, -0.05) is 12.1 Å². The number of pyridine rings is 1. The quantitative estimate of drug-likeness (QED) is 0.413. The van der Waals surface area contributed by atoms with Crippen molar-refractivity contribution in [2.45, 2.75) is 26.4 Å². The van der Waals surface area contributed by atoms with Crippen LogP contribution in [0, 0.1) is 11.3 Å². The number of phenols is 1. The fourth-order valence-electron chi connectivity index (χ4n) is 4.52. The van der Waals surface area contributed by atoms with E-state index in [1.54, 1.807) is 35.4 Å². The Labute approximate surface area is 214 Å². The molecule has 0 bridgehead atoms. The molecule has 2 N–H and O–H groups in total.